The fraction of sp³-hybridized carbons (Fsp3) is 0.389. The lowest BCUT2D eigenvalue weighted by atomic mass is 10.2. The van der Waals surface area contributed by atoms with Crippen LogP contribution >= 0.6 is 0 Å². The van der Waals surface area contributed by atoms with E-state index in [4.69, 9.17) is 9.47 Å². The Kier molecular flexibility index (Phi) is 5.15. The van der Waals surface area contributed by atoms with Crippen LogP contribution in [-0.2, 0) is 21.7 Å². The number of nitrogens with zero attached hydrogens (tertiary/aromatic N) is 4. The van der Waals surface area contributed by atoms with Crippen molar-refractivity contribution in [2.45, 2.75) is 17.8 Å². The monoisotopic (exact) mass is 387 g/mol. The first-order chi connectivity index (χ1) is 13.2. The number of aromatic amines is 1. The van der Waals surface area contributed by atoms with Crippen LogP contribution in [0, 0.1) is 6.92 Å². The fourth-order valence-corrected chi connectivity index (χ4v) is 4.21. The molecule has 0 radical (unpaired) electrons. The number of morpholine rings is 1. The minimum Gasteiger partial charge on any atom is -0.609 e. The lowest BCUT2D eigenvalue weighted by molar-refractivity contribution is 0.122. The molecule has 27 heavy (non-hydrogen) atoms. The summed E-state index contributed by atoms with van der Waals surface area (Å²) in [6.07, 6.45) is 1.54. The van der Waals surface area contributed by atoms with E-state index in [1.165, 1.54) is 6.33 Å². The van der Waals surface area contributed by atoms with E-state index in [0.29, 0.717) is 24.1 Å². The van der Waals surface area contributed by atoms with Crippen LogP contribution in [0.3, 0.4) is 0 Å². The van der Waals surface area contributed by atoms with Crippen molar-refractivity contribution in [1.29, 1.82) is 0 Å². The molecule has 1 fully saturated rings. The molecule has 0 saturated carbocycles. The normalized spacial score (nSPS) is 15.9. The van der Waals surface area contributed by atoms with Crippen LogP contribution in [0.4, 0.5) is 5.82 Å². The van der Waals surface area contributed by atoms with Gasteiger partial charge in [0.25, 0.3) is 0 Å². The number of benzene rings is 1. The molecule has 1 aliphatic heterocycles. The minimum absolute atomic E-state index is 0.280. The van der Waals surface area contributed by atoms with Crippen molar-refractivity contribution in [3.05, 3.63) is 35.8 Å². The topological polar surface area (TPSA) is 99.2 Å². The molecule has 1 unspecified atom stereocenters. The Hall–Kier alpha value is -2.36. The average Bonchev–Trinajstić information content (AvgIpc) is 3.13. The Morgan fingerprint density at radius 3 is 2.89 bits per heavy atom. The van der Waals surface area contributed by atoms with Crippen LogP contribution in [0.1, 0.15) is 11.3 Å². The summed E-state index contributed by atoms with van der Waals surface area (Å²) in [6, 6.07) is 5.53. The van der Waals surface area contributed by atoms with E-state index < -0.39 is 11.2 Å². The maximum atomic E-state index is 12.9. The number of nitrogens with one attached hydrogen (secondary N) is 1. The first-order valence-corrected chi connectivity index (χ1v) is 10.0. The maximum Gasteiger partial charge on any atom is 0.322 e. The Morgan fingerprint density at radius 1 is 1.30 bits per heavy atom. The van der Waals surface area contributed by atoms with Gasteiger partial charge in [-0.2, -0.15) is 4.98 Å². The molecule has 0 bridgehead atoms. The van der Waals surface area contributed by atoms with Crippen LogP contribution < -0.4 is 9.64 Å². The fourth-order valence-electron chi connectivity index (χ4n) is 3.10. The summed E-state index contributed by atoms with van der Waals surface area (Å²) in [7, 11) is 1.61. The predicted octanol–water partition coefficient (Wildman–Crippen LogP) is 1.81. The molecule has 4 rings (SSSR count). The van der Waals surface area contributed by atoms with Crippen molar-refractivity contribution < 1.29 is 14.0 Å². The van der Waals surface area contributed by atoms with Gasteiger partial charge < -0.3 is 18.9 Å². The van der Waals surface area contributed by atoms with Gasteiger partial charge in [0.2, 0.25) is 0 Å². The van der Waals surface area contributed by atoms with Crippen molar-refractivity contribution in [1.82, 2.24) is 19.9 Å². The second kappa shape index (κ2) is 7.71. The maximum absolute atomic E-state index is 12.9. The molecule has 0 amide bonds. The van der Waals surface area contributed by atoms with Crippen molar-refractivity contribution in [3.63, 3.8) is 0 Å². The molecule has 0 aliphatic carbocycles. The van der Waals surface area contributed by atoms with Gasteiger partial charge in [0.15, 0.2) is 5.75 Å². The van der Waals surface area contributed by atoms with Crippen LogP contribution in [0.15, 0.2) is 29.7 Å². The van der Waals surface area contributed by atoms with Crippen LogP contribution in [-0.4, -0.2) is 57.9 Å². The van der Waals surface area contributed by atoms with Gasteiger partial charge in [0.1, 0.15) is 17.9 Å². The van der Waals surface area contributed by atoms with E-state index in [1.807, 2.05) is 25.1 Å². The lowest BCUT2D eigenvalue weighted by Crippen LogP contribution is -2.37. The summed E-state index contributed by atoms with van der Waals surface area (Å²) in [4.78, 5) is 18.5. The minimum atomic E-state index is -1.34. The van der Waals surface area contributed by atoms with E-state index in [1.54, 1.807) is 7.11 Å². The number of rotatable bonds is 5. The molecule has 1 aliphatic rings. The summed E-state index contributed by atoms with van der Waals surface area (Å²) in [5.41, 5.74) is 3.27. The number of aromatic nitrogens is 4. The van der Waals surface area contributed by atoms with Crippen molar-refractivity contribution in [3.8, 4) is 5.75 Å². The second-order valence-corrected chi connectivity index (χ2v) is 7.65. The highest BCUT2D eigenvalue weighted by molar-refractivity contribution is 7.90. The van der Waals surface area contributed by atoms with Crippen molar-refractivity contribution in [2.75, 3.05) is 38.3 Å². The predicted molar refractivity (Wildman–Crippen MR) is 103 cm³/mol. The van der Waals surface area contributed by atoms with Gasteiger partial charge in [-0.25, -0.2) is 9.97 Å². The van der Waals surface area contributed by atoms with Crippen molar-refractivity contribution >= 4 is 28.0 Å². The summed E-state index contributed by atoms with van der Waals surface area (Å²) >= 11 is -1.34. The molecule has 8 nitrogen and oxygen atoms in total. The molecule has 3 aromatic rings. The number of hydrogen-bond donors (Lipinski definition) is 1. The number of imidazole rings is 1. The first kappa shape index (κ1) is 18.0. The zero-order valence-corrected chi connectivity index (χ0v) is 16.1. The number of ether oxygens (including phenoxy) is 2. The van der Waals surface area contributed by atoms with Gasteiger partial charge >= 0.3 is 5.16 Å². The van der Waals surface area contributed by atoms with E-state index in [-0.39, 0.29) is 5.75 Å². The molecule has 142 valence electrons. The van der Waals surface area contributed by atoms with E-state index in [9.17, 15) is 4.55 Å². The second-order valence-electron chi connectivity index (χ2n) is 6.28. The first-order valence-electron chi connectivity index (χ1n) is 8.71. The number of methoxy groups -OCH3 is 1. The molecule has 0 spiro atoms. The van der Waals surface area contributed by atoms with Gasteiger partial charge in [-0.3, -0.25) is 4.98 Å². The number of H-pyrrole nitrogens is 1. The average molecular weight is 387 g/mol. The molecular weight excluding hydrogens is 366 g/mol. The van der Waals surface area contributed by atoms with E-state index in [2.05, 4.69) is 24.8 Å². The van der Waals surface area contributed by atoms with Gasteiger partial charge in [-0.15, -0.1) is 0 Å². The smallest absolute Gasteiger partial charge is 0.322 e. The van der Waals surface area contributed by atoms with Crippen molar-refractivity contribution in [2.24, 2.45) is 0 Å². The third-order valence-electron chi connectivity index (χ3n) is 4.62. The highest BCUT2D eigenvalue weighted by Crippen LogP contribution is 2.25. The zero-order chi connectivity index (χ0) is 18.8. The SMILES string of the molecule is COc1ccc2[nH]c([S+]([O-])Cc3ncnc(N4CCOCC4)c3C)nc2c1. The molecule has 1 aromatic carbocycles. The van der Waals surface area contributed by atoms with Crippen LogP contribution in [0.25, 0.3) is 11.0 Å². The Labute approximate surface area is 160 Å². The summed E-state index contributed by atoms with van der Waals surface area (Å²) < 4.78 is 23.5. The zero-order valence-electron chi connectivity index (χ0n) is 15.3. The highest BCUT2D eigenvalue weighted by Gasteiger charge is 2.22. The Morgan fingerprint density at radius 2 is 2.11 bits per heavy atom. The van der Waals surface area contributed by atoms with Gasteiger partial charge in [-0.1, -0.05) is 0 Å². The number of anilines is 1. The highest BCUT2D eigenvalue weighted by atomic mass is 32.2. The largest absolute Gasteiger partial charge is 0.609 e. The quantitative estimate of drug-likeness (QED) is 0.667. The molecule has 1 N–H and O–H groups in total. The van der Waals surface area contributed by atoms with Crippen LogP contribution in [0.5, 0.6) is 5.75 Å². The Balaban J connectivity index is 1.56. The van der Waals surface area contributed by atoms with E-state index in [0.717, 1.165) is 41.2 Å². The number of hydrogen-bond acceptors (Lipinski definition) is 7. The van der Waals surface area contributed by atoms with Gasteiger partial charge in [0, 0.05) is 35.9 Å². The van der Waals surface area contributed by atoms with Gasteiger partial charge in [-0.05, 0) is 19.1 Å². The molecule has 1 atom stereocenters. The third kappa shape index (κ3) is 3.71. The molecule has 2 aromatic heterocycles. The summed E-state index contributed by atoms with van der Waals surface area (Å²) in [6.45, 7) is 4.94. The molecule has 3 heterocycles. The summed E-state index contributed by atoms with van der Waals surface area (Å²) in [5, 5.41) is 0.434. The molecule has 9 heteroatoms. The molecule has 1 saturated heterocycles. The Bertz CT molecular complexity index is 942. The lowest BCUT2D eigenvalue weighted by Gasteiger charge is -2.29. The summed E-state index contributed by atoms with van der Waals surface area (Å²) in [5.74, 6) is 1.88. The number of fused-ring (bicyclic) bond motifs is 1. The third-order valence-corrected chi connectivity index (χ3v) is 5.78. The standard InChI is InChI=1S/C18H21N5O3S/c1-12-16(19-11-20-17(12)23-5-7-26-8-6-23)10-27(24)18-21-14-4-3-13(25-2)9-15(14)22-18/h3-4,9,11H,5-8,10H2,1-2H3,(H,21,22). The van der Waals surface area contributed by atoms with Crippen LogP contribution in [0.2, 0.25) is 0 Å². The molecular formula is C18H21N5O3S. The van der Waals surface area contributed by atoms with Gasteiger partial charge in [0.05, 0.1) is 37.1 Å². The van der Waals surface area contributed by atoms with E-state index >= 15 is 0 Å².